The van der Waals surface area contributed by atoms with Crippen LogP contribution >= 0.6 is 11.8 Å². The van der Waals surface area contributed by atoms with Gasteiger partial charge in [-0.25, -0.2) is 0 Å². The van der Waals surface area contributed by atoms with Crippen molar-refractivity contribution in [2.24, 2.45) is 0 Å². The van der Waals surface area contributed by atoms with E-state index in [2.05, 4.69) is 10.2 Å². The predicted octanol–water partition coefficient (Wildman–Crippen LogP) is 2.73. The van der Waals surface area contributed by atoms with Crippen LogP contribution in [0.1, 0.15) is 11.4 Å². The number of aliphatic carboxylic acids is 1. The molecule has 0 atom stereocenters. The third-order valence-corrected chi connectivity index (χ3v) is 3.46. The van der Waals surface area contributed by atoms with Crippen LogP contribution in [0.2, 0.25) is 0 Å². The Labute approximate surface area is 109 Å². The van der Waals surface area contributed by atoms with Gasteiger partial charge in [0.2, 0.25) is 0 Å². The number of aromatic nitrogens is 2. The second-order valence-corrected chi connectivity index (χ2v) is 4.85. The average molecular weight is 262 g/mol. The second-order valence-electron chi connectivity index (χ2n) is 3.97. The summed E-state index contributed by atoms with van der Waals surface area (Å²) in [6.07, 6.45) is 1.96. The first-order chi connectivity index (χ1) is 8.61. The minimum atomic E-state index is -0.872. The Balaban J connectivity index is 2.42. The van der Waals surface area contributed by atoms with Crippen molar-refractivity contribution in [2.45, 2.75) is 18.2 Å². The standard InChI is InChI=1S/C13H14N2O2S/c1-8-13(11(15-14-8)7-12(16)17)9-3-5-10(18-2)6-4-9/h3-6H,7H2,1-2H3,(H,14,15)(H,16,17). The van der Waals surface area contributed by atoms with Gasteiger partial charge in [-0.2, -0.15) is 5.10 Å². The number of thioether (sulfide) groups is 1. The number of nitrogens with zero attached hydrogens (tertiary/aromatic N) is 1. The van der Waals surface area contributed by atoms with Gasteiger partial charge < -0.3 is 5.11 Å². The van der Waals surface area contributed by atoms with Crippen LogP contribution in [0.25, 0.3) is 11.1 Å². The molecule has 0 aliphatic rings. The van der Waals surface area contributed by atoms with Crippen molar-refractivity contribution in [3.63, 3.8) is 0 Å². The third-order valence-electron chi connectivity index (χ3n) is 2.72. The number of rotatable bonds is 4. The molecule has 4 nitrogen and oxygen atoms in total. The molecule has 94 valence electrons. The Morgan fingerprint density at radius 2 is 2.06 bits per heavy atom. The highest BCUT2D eigenvalue weighted by Gasteiger charge is 2.14. The average Bonchev–Trinajstić information content (AvgIpc) is 2.70. The lowest BCUT2D eigenvalue weighted by atomic mass is 10.0. The maximum Gasteiger partial charge on any atom is 0.309 e. The summed E-state index contributed by atoms with van der Waals surface area (Å²) in [4.78, 5) is 12.0. The van der Waals surface area contributed by atoms with E-state index in [1.165, 1.54) is 4.90 Å². The summed E-state index contributed by atoms with van der Waals surface area (Å²) >= 11 is 1.68. The molecule has 1 aromatic carbocycles. The van der Waals surface area contributed by atoms with E-state index in [4.69, 9.17) is 5.11 Å². The molecule has 0 bridgehead atoms. The molecule has 2 aromatic rings. The minimum absolute atomic E-state index is 0.0655. The Kier molecular flexibility index (Phi) is 3.72. The molecule has 0 spiro atoms. The van der Waals surface area contributed by atoms with Gasteiger partial charge in [0, 0.05) is 16.2 Å². The third kappa shape index (κ3) is 2.56. The van der Waals surface area contributed by atoms with Gasteiger partial charge in [0.1, 0.15) is 0 Å². The first-order valence-corrected chi connectivity index (χ1v) is 6.74. The lowest BCUT2D eigenvalue weighted by molar-refractivity contribution is -0.136. The summed E-state index contributed by atoms with van der Waals surface area (Å²) in [6.45, 7) is 1.90. The first kappa shape index (κ1) is 12.7. The van der Waals surface area contributed by atoms with E-state index >= 15 is 0 Å². The fraction of sp³-hybridized carbons (Fsp3) is 0.231. The summed E-state index contributed by atoms with van der Waals surface area (Å²) in [6, 6.07) is 8.04. The fourth-order valence-corrected chi connectivity index (χ4v) is 2.30. The highest BCUT2D eigenvalue weighted by molar-refractivity contribution is 7.98. The molecular weight excluding hydrogens is 248 g/mol. The number of carboxylic acids is 1. The van der Waals surface area contributed by atoms with Crippen LogP contribution in [0.4, 0.5) is 0 Å². The van der Waals surface area contributed by atoms with Crippen molar-refractivity contribution in [2.75, 3.05) is 6.26 Å². The smallest absolute Gasteiger partial charge is 0.309 e. The summed E-state index contributed by atoms with van der Waals surface area (Å²) in [5.41, 5.74) is 3.36. The van der Waals surface area contributed by atoms with E-state index in [-0.39, 0.29) is 6.42 Å². The van der Waals surface area contributed by atoms with Crippen LogP contribution in [0.5, 0.6) is 0 Å². The van der Waals surface area contributed by atoms with Gasteiger partial charge >= 0.3 is 5.97 Å². The van der Waals surface area contributed by atoms with Crippen LogP contribution in [0, 0.1) is 6.92 Å². The Bertz CT molecular complexity index is 561. The van der Waals surface area contributed by atoms with Gasteiger partial charge in [0.25, 0.3) is 0 Å². The van der Waals surface area contributed by atoms with E-state index in [0.29, 0.717) is 5.69 Å². The number of nitrogens with one attached hydrogen (secondary N) is 1. The van der Waals surface area contributed by atoms with Crippen molar-refractivity contribution in [1.29, 1.82) is 0 Å². The topological polar surface area (TPSA) is 66.0 Å². The second kappa shape index (κ2) is 5.27. The normalized spacial score (nSPS) is 10.6. The molecule has 0 saturated heterocycles. The Hall–Kier alpha value is -1.75. The van der Waals surface area contributed by atoms with Crippen molar-refractivity contribution in [3.8, 4) is 11.1 Å². The molecular formula is C13H14N2O2S. The molecule has 1 heterocycles. The van der Waals surface area contributed by atoms with E-state index in [1.54, 1.807) is 11.8 Å². The van der Waals surface area contributed by atoms with Crippen LogP contribution in [-0.4, -0.2) is 27.5 Å². The lowest BCUT2D eigenvalue weighted by Gasteiger charge is -2.04. The molecule has 18 heavy (non-hydrogen) atoms. The summed E-state index contributed by atoms with van der Waals surface area (Å²) in [5.74, 6) is -0.872. The molecule has 1 aromatic heterocycles. The predicted molar refractivity (Wildman–Crippen MR) is 71.9 cm³/mol. The Morgan fingerprint density at radius 1 is 1.39 bits per heavy atom. The van der Waals surface area contributed by atoms with E-state index < -0.39 is 5.97 Å². The molecule has 0 aliphatic carbocycles. The van der Waals surface area contributed by atoms with Crippen LogP contribution < -0.4 is 0 Å². The number of carbonyl (C=O) groups is 1. The van der Waals surface area contributed by atoms with Crippen LogP contribution in [0.15, 0.2) is 29.2 Å². The van der Waals surface area contributed by atoms with Gasteiger partial charge in [-0.3, -0.25) is 9.89 Å². The van der Waals surface area contributed by atoms with Crippen molar-refractivity contribution in [3.05, 3.63) is 35.7 Å². The molecule has 2 rings (SSSR count). The maximum atomic E-state index is 10.8. The van der Waals surface area contributed by atoms with Crippen LogP contribution in [0.3, 0.4) is 0 Å². The number of hydrogen-bond acceptors (Lipinski definition) is 3. The highest BCUT2D eigenvalue weighted by Crippen LogP contribution is 2.28. The number of carboxylic acid groups (broad SMARTS) is 1. The summed E-state index contributed by atoms with van der Waals surface area (Å²) < 4.78 is 0. The molecule has 0 fully saturated rings. The molecule has 2 N–H and O–H groups in total. The lowest BCUT2D eigenvalue weighted by Crippen LogP contribution is -2.01. The van der Waals surface area contributed by atoms with Crippen molar-refractivity contribution >= 4 is 17.7 Å². The van der Waals surface area contributed by atoms with Gasteiger partial charge in [-0.05, 0) is 30.9 Å². The van der Waals surface area contributed by atoms with Gasteiger partial charge in [0.15, 0.2) is 0 Å². The zero-order valence-corrected chi connectivity index (χ0v) is 11.0. The van der Waals surface area contributed by atoms with E-state index in [0.717, 1.165) is 16.8 Å². The van der Waals surface area contributed by atoms with E-state index in [9.17, 15) is 4.79 Å². The number of aromatic amines is 1. The first-order valence-electron chi connectivity index (χ1n) is 5.52. The molecule has 5 heteroatoms. The number of H-pyrrole nitrogens is 1. The minimum Gasteiger partial charge on any atom is -0.481 e. The van der Waals surface area contributed by atoms with E-state index in [1.807, 2.05) is 37.4 Å². The molecule has 0 unspecified atom stereocenters. The van der Waals surface area contributed by atoms with Gasteiger partial charge in [-0.1, -0.05) is 12.1 Å². The maximum absolute atomic E-state index is 10.8. The van der Waals surface area contributed by atoms with Crippen molar-refractivity contribution < 1.29 is 9.90 Å². The molecule has 0 saturated carbocycles. The highest BCUT2D eigenvalue weighted by atomic mass is 32.2. The SMILES string of the molecule is CSc1ccc(-c2c(CC(=O)O)n[nH]c2C)cc1. The molecule has 0 radical (unpaired) electrons. The number of benzene rings is 1. The zero-order valence-electron chi connectivity index (χ0n) is 10.2. The number of hydrogen-bond donors (Lipinski definition) is 2. The molecule has 0 amide bonds. The summed E-state index contributed by atoms with van der Waals surface area (Å²) in [7, 11) is 0. The fourth-order valence-electron chi connectivity index (χ4n) is 1.89. The van der Waals surface area contributed by atoms with Crippen LogP contribution in [-0.2, 0) is 11.2 Å². The Morgan fingerprint density at radius 3 is 2.61 bits per heavy atom. The summed E-state index contributed by atoms with van der Waals surface area (Å²) in [5, 5.41) is 15.8. The van der Waals surface area contributed by atoms with Gasteiger partial charge in [0.05, 0.1) is 12.1 Å². The quantitative estimate of drug-likeness (QED) is 0.831. The largest absolute Gasteiger partial charge is 0.481 e. The zero-order chi connectivity index (χ0) is 13.1. The monoisotopic (exact) mass is 262 g/mol. The van der Waals surface area contributed by atoms with Gasteiger partial charge in [-0.15, -0.1) is 11.8 Å². The van der Waals surface area contributed by atoms with Crippen molar-refractivity contribution in [1.82, 2.24) is 10.2 Å². The number of aryl methyl sites for hydroxylation is 1. The molecule has 0 aliphatic heterocycles.